The summed E-state index contributed by atoms with van der Waals surface area (Å²) in [5.74, 6) is -1.26. The van der Waals surface area contributed by atoms with Crippen LogP contribution in [0.1, 0.15) is 37.8 Å². The van der Waals surface area contributed by atoms with Gasteiger partial charge in [0.1, 0.15) is 11.5 Å². The first-order chi connectivity index (χ1) is 17.0. The summed E-state index contributed by atoms with van der Waals surface area (Å²) in [6.45, 7) is 3.86. The van der Waals surface area contributed by atoms with E-state index in [1.165, 1.54) is 13.2 Å². The second-order valence-electron chi connectivity index (χ2n) is 9.04. The van der Waals surface area contributed by atoms with Crippen LogP contribution in [0.2, 0.25) is 0 Å². The molecule has 1 aromatic heterocycles. The van der Waals surface area contributed by atoms with E-state index in [1.807, 2.05) is 29.9 Å². The second-order valence-corrected chi connectivity index (χ2v) is 9.04. The Balaban J connectivity index is 1.61. The van der Waals surface area contributed by atoms with Gasteiger partial charge in [-0.15, -0.1) is 0 Å². The van der Waals surface area contributed by atoms with Crippen molar-refractivity contribution in [2.45, 2.75) is 44.7 Å². The highest BCUT2D eigenvalue weighted by molar-refractivity contribution is 5.92. The van der Waals surface area contributed by atoms with Crippen LogP contribution in [0.4, 0.5) is 19.3 Å². The average Bonchev–Trinajstić information content (AvgIpc) is 3.36. The molecule has 1 amide bonds. The van der Waals surface area contributed by atoms with E-state index in [4.69, 9.17) is 9.47 Å². The number of benzene rings is 2. The van der Waals surface area contributed by atoms with E-state index in [-0.39, 0.29) is 11.8 Å². The molecule has 0 bridgehead atoms. The number of aromatic nitrogens is 2. The molecule has 9 heteroatoms. The monoisotopic (exact) mass is 482 g/mol. The van der Waals surface area contributed by atoms with Crippen LogP contribution in [0, 0.1) is 11.6 Å². The Morgan fingerprint density at radius 2 is 1.91 bits per heavy atom. The number of anilines is 1. The lowest BCUT2D eigenvalue weighted by molar-refractivity contribution is 0.175. The van der Waals surface area contributed by atoms with Gasteiger partial charge in [0.05, 0.1) is 25.0 Å². The van der Waals surface area contributed by atoms with Crippen molar-refractivity contribution >= 4 is 11.8 Å². The molecule has 7 nitrogen and oxygen atoms in total. The fourth-order valence-corrected chi connectivity index (χ4v) is 4.93. The topological polar surface area (TPSA) is 68.6 Å². The lowest BCUT2D eigenvalue weighted by Crippen LogP contribution is -2.42. The maximum absolute atomic E-state index is 14.0. The first kappa shape index (κ1) is 23.3. The van der Waals surface area contributed by atoms with Gasteiger partial charge in [0.25, 0.3) is 0 Å². The summed E-state index contributed by atoms with van der Waals surface area (Å²) in [4.78, 5) is 14.2. The van der Waals surface area contributed by atoms with Gasteiger partial charge in [-0.25, -0.2) is 13.6 Å². The first-order valence-corrected chi connectivity index (χ1v) is 11.9. The lowest BCUT2D eigenvalue weighted by Gasteiger charge is -2.35. The van der Waals surface area contributed by atoms with Gasteiger partial charge < -0.3 is 14.8 Å². The molecule has 0 spiro atoms. The lowest BCUT2D eigenvalue weighted by atomic mass is 9.92. The third kappa shape index (κ3) is 4.48. The minimum absolute atomic E-state index is 0.0559. The second kappa shape index (κ2) is 9.65. The number of nitrogens with one attached hydrogen (secondary N) is 1. The van der Waals surface area contributed by atoms with Crippen LogP contribution in [0.5, 0.6) is 11.5 Å². The molecule has 0 aliphatic carbocycles. The van der Waals surface area contributed by atoms with E-state index < -0.39 is 17.7 Å². The number of carbonyl (C=O) groups excluding carboxylic acids is 1. The van der Waals surface area contributed by atoms with Crippen LogP contribution < -0.4 is 15.0 Å². The van der Waals surface area contributed by atoms with Gasteiger partial charge in [-0.3, -0.25) is 9.58 Å². The number of halogens is 2. The van der Waals surface area contributed by atoms with Crippen LogP contribution in [0.25, 0.3) is 11.1 Å². The van der Waals surface area contributed by atoms with Crippen LogP contribution in [0.3, 0.4) is 0 Å². The average molecular weight is 483 g/mol. The largest absolute Gasteiger partial charge is 0.456 e. The van der Waals surface area contributed by atoms with Crippen molar-refractivity contribution in [1.29, 1.82) is 0 Å². The van der Waals surface area contributed by atoms with Crippen molar-refractivity contribution in [2.24, 2.45) is 0 Å². The Morgan fingerprint density at radius 1 is 1.11 bits per heavy atom. The number of nitrogens with zero attached hydrogens (tertiary/aromatic N) is 3. The summed E-state index contributed by atoms with van der Waals surface area (Å²) in [6, 6.07) is 7.48. The number of hydrogen-bond acceptors (Lipinski definition) is 5. The van der Waals surface area contributed by atoms with Crippen LogP contribution >= 0.6 is 0 Å². The van der Waals surface area contributed by atoms with Gasteiger partial charge in [0.15, 0.2) is 11.6 Å². The molecule has 2 aliphatic heterocycles. The summed E-state index contributed by atoms with van der Waals surface area (Å²) < 4.78 is 40.8. The molecular weight excluding hydrogens is 454 g/mol. The van der Waals surface area contributed by atoms with Crippen molar-refractivity contribution in [3.8, 4) is 22.6 Å². The molecule has 1 atom stereocenters. The van der Waals surface area contributed by atoms with Gasteiger partial charge in [-0.05, 0) is 70.0 Å². The minimum atomic E-state index is -0.989. The highest BCUT2D eigenvalue weighted by Crippen LogP contribution is 2.45. The van der Waals surface area contributed by atoms with E-state index in [9.17, 15) is 13.6 Å². The van der Waals surface area contributed by atoms with Crippen molar-refractivity contribution in [2.75, 3.05) is 25.1 Å². The predicted octanol–water partition coefficient (Wildman–Crippen LogP) is 5.45. The van der Waals surface area contributed by atoms with E-state index in [1.54, 1.807) is 11.1 Å². The Hall–Kier alpha value is -3.46. The molecule has 1 unspecified atom stereocenters. The molecule has 0 saturated carbocycles. The van der Waals surface area contributed by atoms with E-state index >= 15 is 0 Å². The highest BCUT2D eigenvalue weighted by Gasteiger charge is 2.32. The van der Waals surface area contributed by atoms with Crippen molar-refractivity contribution < 1.29 is 23.0 Å². The number of hydrogen-bond donors (Lipinski definition) is 1. The van der Waals surface area contributed by atoms with E-state index in [0.717, 1.165) is 54.8 Å². The molecule has 5 rings (SSSR count). The quantitative estimate of drug-likeness (QED) is 0.535. The fourth-order valence-electron chi connectivity index (χ4n) is 4.93. The van der Waals surface area contributed by atoms with E-state index in [0.29, 0.717) is 30.3 Å². The SMILES string of the molecule is COC(=O)N1c2ccc(-c3cnn(C4CCNCC4)c3)c(Oc3ccc(F)c(F)c3)c2CCC1C. The molecule has 0 radical (unpaired) electrons. The highest BCUT2D eigenvalue weighted by atomic mass is 19.2. The molecule has 3 aromatic rings. The zero-order chi connectivity index (χ0) is 24.5. The molecule has 2 aromatic carbocycles. The Kier molecular flexibility index (Phi) is 6.42. The van der Waals surface area contributed by atoms with Crippen LogP contribution in [0.15, 0.2) is 42.7 Å². The van der Waals surface area contributed by atoms with Gasteiger partial charge in [0.2, 0.25) is 0 Å². The molecule has 1 saturated heterocycles. The summed E-state index contributed by atoms with van der Waals surface area (Å²) in [5.41, 5.74) is 3.12. The van der Waals surface area contributed by atoms with E-state index in [2.05, 4.69) is 10.4 Å². The number of amides is 1. The number of piperidine rings is 1. The Morgan fingerprint density at radius 3 is 2.66 bits per heavy atom. The zero-order valence-corrected chi connectivity index (χ0v) is 19.8. The maximum atomic E-state index is 14.0. The minimum Gasteiger partial charge on any atom is -0.456 e. The van der Waals surface area contributed by atoms with Gasteiger partial charge in [0, 0.05) is 35.0 Å². The Labute approximate surface area is 202 Å². The summed E-state index contributed by atoms with van der Waals surface area (Å²) in [7, 11) is 1.35. The normalized spacial score (nSPS) is 18.3. The van der Waals surface area contributed by atoms with Crippen LogP contribution in [-0.2, 0) is 11.2 Å². The smallest absolute Gasteiger partial charge is 0.414 e. The van der Waals surface area contributed by atoms with Crippen molar-refractivity contribution in [3.05, 3.63) is 59.9 Å². The number of rotatable bonds is 4. The third-order valence-corrected chi connectivity index (χ3v) is 6.83. The maximum Gasteiger partial charge on any atom is 0.414 e. The van der Waals surface area contributed by atoms with Gasteiger partial charge in [-0.2, -0.15) is 5.10 Å². The molecule has 2 aliphatic rings. The number of methoxy groups -OCH3 is 1. The molecule has 3 heterocycles. The standard InChI is InChI=1S/C26H28F2N4O3/c1-16-3-5-21-24(32(16)26(33)34-2)8-6-20(25(21)35-19-4-7-22(27)23(28)13-19)17-14-30-31(15-17)18-9-11-29-12-10-18/h4,6-8,13-16,18,29H,3,5,9-12H2,1-2H3. The van der Waals surface area contributed by atoms with Gasteiger partial charge in [-0.1, -0.05) is 0 Å². The van der Waals surface area contributed by atoms with Gasteiger partial charge >= 0.3 is 6.09 Å². The number of ether oxygens (including phenoxy) is 2. The molecule has 35 heavy (non-hydrogen) atoms. The number of fused-ring (bicyclic) bond motifs is 1. The summed E-state index contributed by atoms with van der Waals surface area (Å²) in [6.07, 6.45) is 6.69. The predicted molar refractivity (Wildman–Crippen MR) is 128 cm³/mol. The Bertz CT molecular complexity index is 1240. The molecule has 1 N–H and O–H groups in total. The third-order valence-electron chi connectivity index (χ3n) is 6.83. The molecule has 1 fully saturated rings. The number of carbonyl (C=O) groups is 1. The van der Waals surface area contributed by atoms with Crippen molar-refractivity contribution in [1.82, 2.24) is 15.1 Å². The van der Waals surface area contributed by atoms with Crippen LogP contribution in [-0.4, -0.2) is 42.1 Å². The zero-order valence-electron chi connectivity index (χ0n) is 19.8. The summed E-state index contributed by atoms with van der Waals surface area (Å²) in [5, 5.41) is 7.97. The molecular formula is C26H28F2N4O3. The fraction of sp³-hybridized carbons (Fsp3) is 0.385. The molecule has 184 valence electrons. The summed E-state index contributed by atoms with van der Waals surface area (Å²) >= 11 is 0. The first-order valence-electron chi connectivity index (χ1n) is 11.9. The van der Waals surface area contributed by atoms with Crippen molar-refractivity contribution in [3.63, 3.8) is 0 Å².